The number of hydrogen-bond donors (Lipinski definition) is 2. The lowest BCUT2D eigenvalue weighted by Gasteiger charge is -2.44. The van der Waals surface area contributed by atoms with E-state index in [-0.39, 0.29) is 24.3 Å². The fraction of sp³-hybridized carbons (Fsp3) is 0.632. The maximum atomic E-state index is 12.4. The van der Waals surface area contributed by atoms with Gasteiger partial charge in [0, 0.05) is 29.0 Å². The van der Waals surface area contributed by atoms with Gasteiger partial charge in [-0.1, -0.05) is 17.7 Å². The molecule has 2 rings (SSSR count). The molecule has 1 aromatic carbocycles. The summed E-state index contributed by atoms with van der Waals surface area (Å²) in [7, 11) is 0. The Bertz CT molecular complexity index is 545. The van der Waals surface area contributed by atoms with Gasteiger partial charge in [-0.2, -0.15) is 0 Å². The van der Waals surface area contributed by atoms with Crippen molar-refractivity contribution in [1.82, 2.24) is 20.9 Å². The number of rotatable bonds is 9. The molecule has 6 nitrogen and oxygen atoms in total. The predicted molar refractivity (Wildman–Crippen MR) is 106 cm³/mol. The van der Waals surface area contributed by atoms with Crippen LogP contribution in [0, 0.1) is 6.92 Å². The van der Waals surface area contributed by atoms with Crippen molar-refractivity contribution in [3.8, 4) is 0 Å². The number of benzene rings is 1. The largest absolute Gasteiger partial charge is 0.349 e. The average molecular weight is 381 g/mol. The SMILES string of the molecule is Cc1ccc(SOCCCCC2NN(C(C)C)C(=O)N(C(C)C)N2)cc1. The number of aryl methyl sites for hydroxylation is 1. The predicted octanol–water partition coefficient (Wildman–Crippen LogP) is 4.08. The van der Waals surface area contributed by atoms with Crippen LogP contribution in [0.3, 0.4) is 0 Å². The quantitative estimate of drug-likeness (QED) is 0.499. The van der Waals surface area contributed by atoms with E-state index >= 15 is 0 Å². The zero-order valence-electron chi connectivity index (χ0n) is 16.5. The number of carbonyl (C=O) groups is 1. The second-order valence-corrected chi connectivity index (χ2v) is 8.11. The minimum absolute atomic E-state index is 0.0240. The second-order valence-electron chi connectivity index (χ2n) is 7.24. The van der Waals surface area contributed by atoms with Crippen LogP contribution in [0.2, 0.25) is 0 Å². The summed E-state index contributed by atoms with van der Waals surface area (Å²) in [6, 6.07) is 8.54. The standard InChI is InChI=1S/C19H32N4O2S/c1-14(2)22-19(24)23(15(3)4)21-18(20-22)8-6-7-13-25-26-17-11-9-16(5)10-12-17/h9-12,14-15,18,20-21H,6-8,13H2,1-5H3. The lowest BCUT2D eigenvalue weighted by Crippen LogP contribution is -2.71. The lowest BCUT2D eigenvalue weighted by molar-refractivity contribution is 0.00146. The molecule has 146 valence electrons. The first-order valence-electron chi connectivity index (χ1n) is 9.39. The van der Waals surface area contributed by atoms with Crippen LogP contribution in [0.1, 0.15) is 52.5 Å². The number of amides is 2. The molecule has 0 saturated carbocycles. The number of nitrogens with zero attached hydrogens (tertiary/aromatic N) is 2. The van der Waals surface area contributed by atoms with Crippen molar-refractivity contribution in [2.24, 2.45) is 0 Å². The normalized spacial score (nSPS) is 16.2. The maximum absolute atomic E-state index is 12.4. The molecule has 0 spiro atoms. The smallest absolute Gasteiger partial charge is 0.310 e. The Hall–Kier alpha value is -1.28. The molecule has 0 unspecified atom stereocenters. The fourth-order valence-corrected chi connectivity index (χ4v) is 3.26. The lowest BCUT2D eigenvalue weighted by atomic mass is 10.2. The van der Waals surface area contributed by atoms with Gasteiger partial charge >= 0.3 is 6.03 Å². The summed E-state index contributed by atoms with van der Waals surface area (Å²) in [5, 5.41) is 3.43. The van der Waals surface area contributed by atoms with Gasteiger partial charge in [-0.05, 0) is 66.0 Å². The van der Waals surface area contributed by atoms with Crippen LogP contribution in [0.4, 0.5) is 4.79 Å². The molecule has 0 atom stereocenters. The maximum Gasteiger partial charge on any atom is 0.349 e. The third-order valence-corrected chi connectivity index (χ3v) is 4.93. The number of urea groups is 1. The minimum Gasteiger partial charge on any atom is -0.310 e. The fourth-order valence-electron chi connectivity index (χ4n) is 2.67. The van der Waals surface area contributed by atoms with Crippen LogP contribution in [0.5, 0.6) is 0 Å². The Balaban J connectivity index is 1.69. The van der Waals surface area contributed by atoms with Gasteiger partial charge in [0.15, 0.2) is 0 Å². The Labute approximate surface area is 161 Å². The van der Waals surface area contributed by atoms with Gasteiger partial charge in [0.25, 0.3) is 0 Å². The molecule has 0 radical (unpaired) electrons. The minimum atomic E-state index is -0.0240. The van der Waals surface area contributed by atoms with E-state index in [1.807, 2.05) is 27.7 Å². The van der Waals surface area contributed by atoms with Crippen LogP contribution < -0.4 is 10.9 Å². The number of unbranched alkanes of at least 4 members (excludes halogenated alkanes) is 1. The van der Waals surface area contributed by atoms with E-state index in [0.29, 0.717) is 6.61 Å². The highest BCUT2D eigenvalue weighted by atomic mass is 32.2. The van der Waals surface area contributed by atoms with Crippen LogP contribution in [-0.2, 0) is 4.18 Å². The average Bonchev–Trinajstić information content (AvgIpc) is 2.60. The highest BCUT2D eigenvalue weighted by Crippen LogP contribution is 2.20. The monoisotopic (exact) mass is 380 g/mol. The number of carbonyl (C=O) groups excluding carboxylic acids is 1. The summed E-state index contributed by atoms with van der Waals surface area (Å²) < 4.78 is 5.69. The molecule has 1 fully saturated rings. The van der Waals surface area contributed by atoms with E-state index in [9.17, 15) is 4.79 Å². The van der Waals surface area contributed by atoms with Crippen LogP contribution >= 0.6 is 12.0 Å². The highest BCUT2D eigenvalue weighted by molar-refractivity contribution is 7.94. The Kier molecular flexibility index (Phi) is 8.21. The first-order chi connectivity index (χ1) is 12.4. The van der Waals surface area contributed by atoms with Crippen molar-refractivity contribution in [3.05, 3.63) is 29.8 Å². The van der Waals surface area contributed by atoms with Gasteiger partial charge < -0.3 is 4.18 Å². The highest BCUT2D eigenvalue weighted by Gasteiger charge is 2.33. The first-order valence-corrected chi connectivity index (χ1v) is 10.1. The van der Waals surface area contributed by atoms with Crippen LogP contribution in [0.15, 0.2) is 29.2 Å². The van der Waals surface area contributed by atoms with Gasteiger partial charge in [0.2, 0.25) is 0 Å². The summed E-state index contributed by atoms with van der Waals surface area (Å²) >= 11 is 1.43. The van der Waals surface area contributed by atoms with E-state index < -0.39 is 0 Å². The van der Waals surface area contributed by atoms with Crippen molar-refractivity contribution < 1.29 is 8.98 Å². The summed E-state index contributed by atoms with van der Waals surface area (Å²) in [6.07, 6.45) is 2.99. The zero-order valence-corrected chi connectivity index (χ0v) is 17.3. The summed E-state index contributed by atoms with van der Waals surface area (Å²) in [6.45, 7) is 10.9. The Morgan fingerprint density at radius 2 is 1.62 bits per heavy atom. The van der Waals surface area contributed by atoms with Gasteiger partial charge in [0.05, 0.1) is 12.8 Å². The van der Waals surface area contributed by atoms with Crippen molar-refractivity contribution in [2.75, 3.05) is 6.61 Å². The molecule has 2 N–H and O–H groups in total. The molecule has 1 aromatic rings. The molecule has 2 amide bonds. The molecular formula is C19H32N4O2S. The van der Waals surface area contributed by atoms with E-state index in [4.69, 9.17) is 4.18 Å². The van der Waals surface area contributed by atoms with Crippen molar-refractivity contribution in [2.45, 2.75) is 77.0 Å². The number of hydrogen-bond acceptors (Lipinski definition) is 5. The van der Waals surface area contributed by atoms with Crippen molar-refractivity contribution >= 4 is 18.1 Å². The van der Waals surface area contributed by atoms with E-state index in [1.165, 1.54) is 17.6 Å². The summed E-state index contributed by atoms with van der Waals surface area (Å²) in [5.74, 6) is 0. The Morgan fingerprint density at radius 1 is 1.04 bits per heavy atom. The molecule has 1 saturated heterocycles. The topological polar surface area (TPSA) is 56.8 Å². The van der Waals surface area contributed by atoms with E-state index in [2.05, 4.69) is 42.0 Å². The van der Waals surface area contributed by atoms with Gasteiger partial charge in [-0.15, -0.1) is 0 Å². The van der Waals surface area contributed by atoms with Crippen LogP contribution in [0.25, 0.3) is 0 Å². The summed E-state index contributed by atoms with van der Waals surface area (Å²) in [4.78, 5) is 13.6. The van der Waals surface area contributed by atoms with Crippen LogP contribution in [-0.4, -0.2) is 40.9 Å². The second kappa shape index (κ2) is 10.2. The molecule has 26 heavy (non-hydrogen) atoms. The molecule has 1 aliphatic rings. The number of hydrazine groups is 2. The summed E-state index contributed by atoms with van der Waals surface area (Å²) in [5.41, 5.74) is 7.84. The Morgan fingerprint density at radius 3 is 2.15 bits per heavy atom. The van der Waals surface area contributed by atoms with Gasteiger partial charge in [-0.25, -0.2) is 15.6 Å². The third kappa shape index (κ3) is 6.16. The molecule has 1 aliphatic heterocycles. The van der Waals surface area contributed by atoms with E-state index in [1.54, 1.807) is 10.0 Å². The first kappa shape index (κ1) is 21.0. The third-order valence-electron chi connectivity index (χ3n) is 4.18. The number of nitrogens with one attached hydrogen (secondary N) is 2. The van der Waals surface area contributed by atoms with Gasteiger partial charge in [0.1, 0.15) is 0 Å². The van der Waals surface area contributed by atoms with Gasteiger partial charge in [-0.3, -0.25) is 10.0 Å². The molecular weight excluding hydrogens is 348 g/mol. The van der Waals surface area contributed by atoms with Crippen molar-refractivity contribution in [3.63, 3.8) is 0 Å². The van der Waals surface area contributed by atoms with Crippen molar-refractivity contribution in [1.29, 1.82) is 0 Å². The molecule has 1 heterocycles. The molecule has 0 aliphatic carbocycles. The molecule has 7 heteroatoms. The van der Waals surface area contributed by atoms with E-state index in [0.717, 1.165) is 24.2 Å². The zero-order chi connectivity index (χ0) is 19.1. The molecule has 0 aromatic heterocycles. The molecule has 0 bridgehead atoms.